The summed E-state index contributed by atoms with van der Waals surface area (Å²) in [5.74, 6) is 1.35. The van der Waals surface area contributed by atoms with Gasteiger partial charge in [0.05, 0.1) is 24.5 Å². The van der Waals surface area contributed by atoms with E-state index in [-0.39, 0.29) is 24.3 Å². The van der Waals surface area contributed by atoms with Crippen molar-refractivity contribution in [1.82, 2.24) is 5.32 Å². The van der Waals surface area contributed by atoms with Gasteiger partial charge in [0.2, 0.25) is 0 Å². The zero-order valence-electron chi connectivity index (χ0n) is 20.0. The van der Waals surface area contributed by atoms with Gasteiger partial charge in [-0.3, -0.25) is 0 Å². The number of rotatable bonds is 15. The van der Waals surface area contributed by atoms with Crippen molar-refractivity contribution in [1.29, 1.82) is 0 Å². The first-order chi connectivity index (χ1) is 16.9. The molecule has 0 spiro atoms. The minimum Gasteiger partial charge on any atom is -0.493 e. The third-order valence-corrected chi connectivity index (χ3v) is 5.49. The second kappa shape index (κ2) is 14.0. The molecule has 0 aliphatic heterocycles. The van der Waals surface area contributed by atoms with Crippen molar-refractivity contribution < 1.29 is 32.3 Å². The standard InChI is InChI=1S/C26H31FNO6P/c1-19(2)34-26-11-8-20(17-23(26)27)6-3-13-32-25-10-9-21(16-22(25)24-7-4-14-31-24)18-28-12-5-15-33-35(29)30/h4,7-11,14,16-17,19,28H,3,5-6,12-13,15,18H2,1-2H3/p+1. The maximum absolute atomic E-state index is 14.2. The normalized spacial score (nSPS) is 11.6. The number of aryl methyl sites for hydroxylation is 1. The molecular weight excluding hydrogens is 472 g/mol. The van der Waals surface area contributed by atoms with Gasteiger partial charge in [0.1, 0.15) is 18.1 Å². The average molecular weight is 505 g/mol. The molecule has 2 aromatic carbocycles. The molecule has 35 heavy (non-hydrogen) atoms. The van der Waals surface area contributed by atoms with Crippen molar-refractivity contribution in [3.8, 4) is 22.8 Å². The van der Waals surface area contributed by atoms with E-state index >= 15 is 0 Å². The second-order valence-corrected chi connectivity index (χ2v) is 9.03. The van der Waals surface area contributed by atoms with Crippen LogP contribution in [0.4, 0.5) is 4.39 Å². The number of benzene rings is 2. The Hall–Kier alpha value is -2.77. The van der Waals surface area contributed by atoms with Gasteiger partial charge < -0.3 is 19.2 Å². The average Bonchev–Trinajstić information content (AvgIpc) is 3.35. The Labute approximate surface area is 206 Å². The van der Waals surface area contributed by atoms with E-state index in [1.165, 1.54) is 6.07 Å². The third-order valence-electron chi connectivity index (χ3n) is 5.09. The van der Waals surface area contributed by atoms with Gasteiger partial charge in [-0.2, -0.15) is 0 Å². The number of halogens is 1. The molecule has 9 heteroatoms. The molecule has 0 aliphatic carbocycles. The lowest BCUT2D eigenvalue weighted by Crippen LogP contribution is -2.16. The minimum absolute atomic E-state index is 0.0749. The number of furan rings is 1. The smallest absolute Gasteiger partial charge is 0.493 e. The van der Waals surface area contributed by atoms with Crippen LogP contribution in [0.15, 0.2) is 59.2 Å². The topological polar surface area (TPSA) is 90.2 Å². The predicted molar refractivity (Wildman–Crippen MR) is 132 cm³/mol. The van der Waals surface area contributed by atoms with Crippen LogP contribution < -0.4 is 14.8 Å². The van der Waals surface area contributed by atoms with E-state index in [9.17, 15) is 8.96 Å². The van der Waals surface area contributed by atoms with Gasteiger partial charge in [0.25, 0.3) is 0 Å². The molecule has 1 unspecified atom stereocenters. The summed E-state index contributed by atoms with van der Waals surface area (Å²) in [5.41, 5.74) is 2.80. The Balaban J connectivity index is 1.53. The fourth-order valence-electron chi connectivity index (χ4n) is 3.52. The van der Waals surface area contributed by atoms with Crippen molar-refractivity contribution in [2.24, 2.45) is 0 Å². The molecule has 7 nitrogen and oxygen atoms in total. The molecule has 0 radical (unpaired) electrons. The molecule has 1 atom stereocenters. The lowest BCUT2D eigenvalue weighted by molar-refractivity contribution is 0.231. The molecule has 0 saturated carbocycles. The van der Waals surface area contributed by atoms with Crippen LogP contribution in [0, 0.1) is 5.82 Å². The largest absolute Gasteiger partial charge is 0.694 e. The van der Waals surface area contributed by atoms with Gasteiger partial charge >= 0.3 is 8.25 Å². The van der Waals surface area contributed by atoms with Crippen LogP contribution in [0.5, 0.6) is 11.5 Å². The summed E-state index contributed by atoms with van der Waals surface area (Å²) in [5, 5.41) is 3.29. The maximum atomic E-state index is 14.2. The monoisotopic (exact) mass is 504 g/mol. The summed E-state index contributed by atoms with van der Waals surface area (Å²) in [6.45, 7) is 5.72. The molecule has 0 bridgehead atoms. The molecule has 188 valence electrons. The Kier molecular flexibility index (Phi) is 10.7. The molecule has 0 amide bonds. The molecular formula is C26H32FNO6P+. The van der Waals surface area contributed by atoms with Gasteiger partial charge in [-0.05, 0) is 87.2 Å². The Bertz CT molecular complexity index is 1070. The first-order valence-electron chi connectivity index (χ1n) is 11.7. The van der Waals surface area contributed by atoms with Crippen LogP contribution in [-0.2, 0) is 22.1 Å². The van der Waals surface area contributed by atoms with Crippen LogP contribution in [0.2, 0.25) is 0 Å². The van der Waals surface area contributed by atoms with Gasteiger partial charge in [-0.15, -0.1) is 9.42 Å². The molecule has 1 heterocycles. The molecule has 0 fully saturated rings. The zero-order valence-corrected chi connectivity index (χ0v) is 20.9. The zero-order chi connectivity index (χ0) is 25.0. The molecule has 0 aliphatic rings. The third kappa shape index (κ3) is 9.07. The van der Waals surface area contributed by atoms with Gasteiger partial charge in [-0.25, -0.2) is 4.39 Å². The number of ether oxygens (including phenoxy) is 2. The summed E-state index contributed by atoms with van der Waals surface area (Å²) >= 11 is 0. The van der Waals surface area contributed by atoms with Crippen molar-refractivity contribution in [3.63, 3.8) is 0 Å². The fraction of sp³-hybridized carbons (Fsp3) is 0.385. The highest BCUT2D eigenvalue weighted by Crippen LogP contribution is 2.32. The molecule has 3 rings (SSSR count). The van der Waals surface area contributed by atoms with Gasteiger partial charge in [0, 0.05) is 11.1 Å². The Morgan fingerprint density at radius 2 is 1.86 bits per heavy atom. The fourth-order valence-corrected chi connectivity index (χ4v) is 3.80. The van der Waals surface area contributed by atoms with E-state index in [4.69, 9.17) is 18.8 Å². The molecule has 0 saturated heterocycles. The van der Waals surface area contributed by atoms with Crippen LogP contribution in [-0.4, -0.2) is 30.8 Å². The molecule has 2 N–H and O–H groups in total. The van der Waals surface area contributed by atoms with E-state index < -0.39 is 8.25 Å². The highest BCUT2D eigenvalue weighted by Gasteiger charge is 2.12. The van der Waals surface area contributed by atoms with Crippen LogP contribution in [0.3, 0.4) is 0 Å². The van der Waals surface area contributed by atoms with Crippen molar-refractivity contribution in [3.05, 3.63) is 71.7 Å². The maximum Gasteiger partial charge on any atom is 0.694 e. The van der Waals surface area contributed by atoms with Crippen LogP contribution in [0.1, 0.15) is 37.8 Å². The molecule has 1 aromatic heterocycles. The van der Waals surface area contributed by atoms with Crippen molar-refractivity contribution >= 4 is 8.25 Å². The minimum atomic E-state index is -2.54. The van der Waals surface area contributed by atoms with E-state index in [1.54, 1.807) is 12.3 Å². The SMILES string of the molecule is CC(C)Oc1ccc(CCCOc2ccc(CNCCCO[P+](=O)O)cc2-c2ccco2)cc1F. The highest BCUT2D eigenvalue weighted by molar-refractivity contribution is 7.32. The summed E-state index contributed by atoms with van der Waals surface area (Å²) in [6, 6.07) is 14.7. The van der Waals surface area contributed by atoms with Crippen LogP contribution >= 0.6 is 8.25 Å². The molecule has 3 aromatic rings. The van der Waals surface area contributed by atoms with Gasteiger partial charge in [-0.1, -0.05) is 12.1 Å². The predicted octanol–water partition coefficient (Wildman–Crippen LogP) is 6.03. The number of hydrogen-bond donors (Lipinski definition) is 2. The van der Waals surface area contributed by atoms with E-state index in [0.717, 1.165) is 28.9 Å². The van der Waals surface area contributed by atoms with E-state index in [0.29, 0.717) is 38.3 Å². The summed E-state index contributed by atoms with van der Waals surface area (Å²) < 4.78 is 46.5. The summed E-state index contributed by atoms with van der Waals surface area (Å²) in [7, 11) is -2.54. The van der Waals surface area contributed by atoms with Crippen LogP contribution in [0.25, 0.3) is 11.3 Å². The van der Waals surface area contributed by atoms with E-state index in [2.05, 4.69) is 9.84 Å². The number of hydrogen-bond acceptors (Lipinski definition) is 6. The Morgan fingerprint density at radius 3 is 2.57 bits per heavy atom. The van der Waals surface area contributed by atoms with E-state index in [1.807, 2.05) is 50.2 Å². The first-order valence-corrected chi connectivity index (χ1v) is 12.8. The lowest BCUT2D eigenvalue weighted by atomic mass is 10.1. The summed E-state index contributed by atoms with van der Waals surface area (Å²) in [6.07, 6.45) is 3.59. The van der Waals surface area contributed by atoms with Crippen molar-refractivity contribution in [2.45, 2.75) is 45.8 Å². The first kappa shape index (κ1) is 26.8. The quantitative estimate of drug-likeness (QED) is 0.193. The second-order valence-electron chi connectivity index (χ2n) is 8.29. The van der Waals surface area contributed by atoms with Crippen molar-refractivity contribution in [2.75, 3.05) is 19.8 Å². The van der Waals surface area contributed by atoms with Gasteiger partial charge in [0.15, 0.2) is 11.6 Å². The Morgan fingerprint density at radius 1 is 1.06 bits per heavy atom. The number of nitrogens with one attached hydrogen (secondary N) is 1. The lowest BCUT2D eigenvalue weighted by Gasteiger charge is -2.13. The summed E-state index contributed by atoms with van der Waals surface area (Å²) in [4.78, 5) is 8.64. The highest BCUT2D eigenvalue weighted by atomic mass is 31.1.